The van der Waals surface area contributed by atoms with E-state index in [0.717, 1.165) is 17.5 Å². The molecular formula is C23H20N2O4. The van der Waals surface area contributed by atoms with Gasteiger partial charge in [0.2, 0.25) is 11.9 Å². The van der Waals surface area contributed by atoms with Crippen LogP contribution in [-0.2, 0) is 14.3 Å². The molecule has 0 amide bonds. The van der Waals surface area contributed by atoms with Crippen LogP contribution in [0.1, 0.15) is 30.4 Å². The zero-order chi connectivity index (χ0) is 19.4. The Labute approximate surface area is 167 Å². The lowest BCUT2D eigenvalue weighted by Crippen LogP contribution is -2.30. The number of carbonyl (C=O) groups is 1. The topological polar surface area (TPSA) is 74.5 Å². The first-order valence-corrected chi connectivity index (χ1v) is 10.1. The monoisotopic (exact) mass is 388 g/mol. The number of aromatic nitrogens is 2. The molecule has 1 unspecified atom stereocenters. The Kier molecular flexibility index (Phi) is 3.81. The smallest absolute Gasteiger partial charge is 0.312 e. The highest BCUT2D eigenvalue weighted by Crippen LogP contribution is 2.60. The number of ether oxygens (including phenoxy) is 2. The van der Waals surface area contributed by atoms with E-state index >= 15 is 0 Å². The average molecular weight is 388 g/mol. The summed E-state index contributed by atoms with van der Waals surface area (Å²) in [6, 6.07) is 19.1. The van der Waals surface area contributed by atoms with Gasteiger partial charge in [-0.1, -0.05) is 65.8 Å². The lowest BCUT2D eigenvalue weighted by Gasteiger charge is -2.21. The zero-order valence-corrected chi connectivity index (χ0v) is 15.7. The second kappa shape index (κ2) is 6.52. The fourth-order valence-electron chi connectivity index (χ4n) is 4.82. The van der Waals surface area contributed by atoms with Gasteiger partial charge in [-0.3, -0.25) is 4.79 Å². The van der Waals surface area contributed by atoms with Gasteiger partial charge in [-0.2, -0.15) is 4.98 Å². The zero-order valence-electron chi connectivity index (χ0n) is 15.7. The highest BCUT2D eigenvalue weighted by molar-refractivity contribution is 5.74. The maximum atomic E-state index is 13.0. The van der Waals surface area contributed by atoms with Crippen LogP contribution in [0.5, 0.6) is 0 Å². The first-order chi connectivity index (χ1) is 14.3. The molecule has 2 saturated heterocycles. The van der Waals surface area contributed by atoms with Crippen LogP contribution < -0.4 is 0 Å². The summed E-state index contributed by atoms with van der Waals surface area (Å²) in [5.74, 6) is 1.51. The van der Waals surface area contributed by atoms with Gasteiger partial charge < -0.3 is 14.0 Å². The Hall–Kier alpha value is -2.99. The Morgan fingerprint density at radius 1 is 1.00 bits per heavy atom. The number of nitrogens with zero attached hydrogens (tertiary/aromatic N) is 2. The maximum absolute atomic E-state index is 13.0. The number of carbonyl (C=O) groups excluding carboxylic acids is 1. The highest BCUT2D eigenvalue weighted by Gasteiger charge is 2.64. The Morgan fingerprint density at radius 2 is 1.76 bits per heavy atom. The number of benzene rings is 2. The molecule has 1 aromatic heterocycles. The summed E-state index contributed by atoms with van der Waals surface area (Å²) in [5, 5.41) is 4.09. The Morgan fingerprint density at radius 3 is 2.48 bits per heavy atom. The van der Waals surface area contributed by atoms with Crippen molar-refractivity contribution >= 4 is 5.97 Å². The summed E-state index contributed by atoms with van der Waals surface area (Å²) in [6.45, 7) is 0. The molecule has 2 aliphatic heterocycles. The van der Waals surface area contributed by atoms with Crippen molar-refractivity contribution in [1.82, 2.24) is 10.1 Å². The van der Waals surface area contributed by atoms with E-state index < -0.39 is 6.10 Å². The van der Waals surface area contributed by atoms with Gasteiger partial charge in [-0.05, 0) is 24.7 Å². The molecule has 3 heterocycles. The number of hydrogen-bond acceptors (Lipinski definition) is 6. The molecule has 3 aromatic rings. The van der Waals surface area contributed by atoms with Crippen LogP contribution in [0.25, 0.3) is 11.4 Å². The molecule has 0 N–H and O–H groups in total. The van der Waals surface area contributed by atoms with Crippen LogP contribution in [0, 0.1) is 17.8 Å². The minimum atomic E-state index is -0.734. The van der Waals surface area contributed by atoms with Crippen molar-refractivity contribution in [2.45, 2.75) is 31.2 Å². The van der Waals surface area contributed by atoms with Crippen molar-refractivity contribution in [3.05, 3.63) is 72.1 Å². The lowest BCUT2D eigenvalue weighted by molar-refractivity contribution is -0.155. The molecule has 2 aromatic carbocycles. The van der Waals surface area contributed by atoms with Crippen LogP contribution in [0.4, 0.5) is 0 Å². The fourth-order valence-corrected chi connectivity index (χ4v) is 4.82. The van der Waals surface area contributed by atoms with Crippen molar-refractivity contribution < 1.29 is 18.8 Å². The molecular weight excluding hydrogens is 368 g/mol. The Balaban J connectivity index is 1.28. The molecule has 6 atom stereocenters. The van der Waals surface area contributed by atoms with Gasteiger partial charge >= 0.3 is 5.97 Å². The van der Waals surface area contributed by atoms with E-state index in [4.69, 9.17) is 14.0 Å². The van der Waals surface area contributed by atoms with Gasteiger partial charge in [0.25, 0.3) is 5.89 Å². The molecule has 1 aliphatic carbocycles. The predicted molar refractivity (Wildman–Crippen MR) is 102 cm³/mol. The van der Waals surface area contributed by atoms with Gasteiger partial charge in [0.05, 0.1) is 18.1 Å². The van der Waals surface area contributed by atoms with Crippen LogP contribution in [-0.4, -0.2) is 28.3 Å². The van der Waals surface area contributed by atoms with Crippen molar-refractivity contribution in [2.75, 3.05) is 0 Å². The highest BCUT2D eigenvalue weighted by atomic mass is 16.6. The minimum Gasteiger partial charge on any atom is -0.447 e. The molecule has 29 heavy (non-hydrogen) atoms. The maximum Gasteiger partial charge on any atom is 0.312 e. The van der Waals surface area contributed by atoms with Crippen molar-refractivity contribution in [2.24, 2.45) is 17.8 Å². The molecule has 6 rings (SSSR count). The number of hydrogen-bond donors (Lipinski definition) is 0. The molecule has 6 heteroatoms. The quantitative estimate of drug-likeness (QED) is 0.619. The largest absolute Gasteiger partial charge is 0.447 e. The van der Waals surface area contributed by atoms with Gasteiger partial charge in [0.15, 0.2) is 0 Å². The SMILES string of the molecule is O=C(OC(c1ccccc1)c1nc(-c2ccccc2)no1)[C@@H]1C[C@@H]2O[C@H]1[C@H]1C[C@H]12. The third kappa shape index (κ3) is 2.86. The average Bonchev–Trinajstić information content (AvgIpc) is 3.12. The van der Waals surface area contributed by atoms with Gasteiger partial charge in [-0.25, -0.2) is 0 Å². The van der Waals surface area contributed by atoms with E-state index in [1.807, 2.05) is 60.7 Å². The van der Waals surface area contributed by atoms with E-state index in [2.05, 4.69) is 10.1 Å². The van der Waals surface area contributed by atoms with E-state index in [0.29, 0.717) is 17.7 Å². The second-order valence-electron chi connectivity index (χ2n) is 8.09. The molecule has 0 spiro atoms. The third-order valence-electron chi connectivity index (χ3n) is 6.34. The molecule has 1 saturated carbocycles. The summed E-state index contributed by atoms with van der Waals surface area (Å²) in [7, 11) is 0. The lowest BCUT2D eigenvalue weighted by atomic mass is 9.89. The first kappa shape index (κ1) is 16.9. The summed E-state index contributed by atoms with van der Waals surface area (Å²) in [4.78, 5) is 17.6. The van der Waals surface area contributed by atoms with Crippen LogP contribution in [0.15, 0.2) is 65.2 Å². The van der Waals surface area contributed by atoms with E-state index in [-0.39, 0.29) is 30.0 Å². The van der Waals surface area contributed by atoms with Crippen LogP contribution in [0.2, 0.25) is 0 Å². The minimum absolute atomic E-state index is 0.0106. The number of esters is 1. The summed E-state index contributed by atoms with van der Waals surface area (Å²) in [6.07, 6.45) is 1.45. The third-order valence-corrected chi connectivity index (χ3v) is 6.34. The molecule has 0 radical (unpaired) electrons. The Bertz CT molecular complexity index is 1040. The van der Waals surface area contributed by atoms with E-state index in [1.54, 1.807) is 0 Å². The summed E-state index contributed by atoms with van der Waals surface area (Å²) < 4.78 is 17.5. The van der Waals surface area contributed by atoms with Gasteiger partial charge in [-0.15, -0.1) is 0 Å². The van der Waals surface area contributed by atoms with E-state index in [9.17, 15) is 4.79 Å². The van der Waals surface area contributed by atoms with Crippen LogP contribution in [0.3, 0.4) is 0 Å². The van der Waals surface area contributed by atoms with Crippen molar-refractivity contribution in [3.8, 4) is 11.4 Å². The second-order valence-corrected chi connectivity index (χ2v) is 8.09. The van der Waals surface area contributed by atoms with Crippen LogP contribution >= 0.6 is 0 Å². The van der Waals surface area contributed by atoms with Gasteiger partial charge in [0.1, 0.15) is 0 Å². The molecule has 146 valence electrons. The summed E-state index contributed by atoms with van der Waals surface area (Å²) in [5.41, 5.74) is 1.65. The predicted octanol–water partition coefficient (Wildman–Crippen LogP) is 3.79. The first-order valence-electron chi connectivity index (χ1n) is 10.1. The molecule has 3 aliphatic rings. The van der Waals surface area contributed by atoms with E-state index in [1.165, 1.54) is 6.42 Å². The number of fused-ring (bicyclic) bond motifs is 5. The van der Waals surface area contributed by atoms with Crippen molar-refractivity contribution in [3.63, 3.8) is 0 Å². The standard InChI is InChI=1S/C23H20N2O4/c26-23(17-12-18-15-11-16(15)20(17)27-18)28-19(13-7-3-1-4-8-13)22-24-21(25-29-22)14-9-5-2-6-10-14/h1-10,15-20H,11-12H2/t15-,16+,17-,18+,19?,20+/m1/s1. The van der Waals surface area contributed by atoms with Crippen molar-refractivity contribution in [1.29, 1.82) is 0 Å². The fraction of sp³-hybridized carbons (Fsp3) is 0.348. The van der Waals surface area contributed by atoms with Gasteiger partial charge in [0, 0.05) is 11.1 Å². The molecule has 6 nitrogen and oxygen atoms in total. The normalized spacial score (nSPS) is 30.0. The summed E-state index contributed by atoms with van der Waals surface area (Å²) >= 11 is 0. The molecule has 2 bridgehead atoms. The number of rotatable bonds is 5. The molecule has 3 fully saturated rings.